The van der Waals surface area contributed by atoms with Crippen molar-refractivity contribution in [2.24, 2.45) is 5.92 Å². The Kier molecular flexibility index (Phi) is 7.33. The van der Waals surface area contributed by atoms with Crippen LogP contribution in [0.1, 0.15) is 15.9 Å². The van der Waals surface area contributed by atoms with E-state index in [0.717, 1.165) is 36.0 Å². The number of hydrogen-bond acceptors (Lipinski definition) is 4. The summed E-state index contributed by atoms with van der Waals surface area (Å²) in [6.07, 6.45) is -4.40. The highest BCUT2D eigenvalue weighted by Crippen LogP contribution is 2.33. The largest absolute Gasteiger partial charge is 0.457 e. The zero-order valence-corrected chi connectivity index (χ0v) is 17.9. The minimum atomic E-state index is -4.40. The van der Waals surface area contributed by atoms with Crippen molar-refractivity contribution < 1.29 is 27.8 Å². The molecule has 4 rings (SSSR count). The maximum absolute atomic E-state index is 12.7. The van der Waals surface area contributed by atoms with Crippen molar-refractivity contribution in [1.29, 1.82) is 0 Å². The molecule has 170 valence electrons. The minimum absolute atomic E-state index is 0. The third kappa shape index (κ3) is 5.17. The van der Waals surface area contributed by atoms with Crippen LogP contribution in [0.5, 0.6) is 11.5 Å². The Morgan fingerprint density at radius 1 is 1.12 bits per heavy atom. The van der Waals surface area contributed by atoms with E-state index in [1.165, 1.54) is 12.1 Å². The van der Waals surface area contributed by atoms with E-state index in [4.69, 9.17) is 4.74 Å². The van der Waals surface area contributed by atoms with Crippen LogP contribution in [0, 0.1) is 5.92 Å². The maximum atomic E-state index is 12.7. The summed E-state index contributed by atoms with van der Waals surface area (Å²) in [6.45, 7) is 1.39. The van der Waals surface area contributed by atoms with E-state index in [2.05, 4.69) is 10.6 Å². The number of aliphatic hydroxyl groups is 1. The molecule has 9 heteroatoms. The van der Waals surface area contributed by atoms with Crippen LogP contribution in [-0.4, -0.2) is 36.8 Å². The number of aliphatic hydroxyl groups excluding tert-OH is 1. The molecule has 3 aromatic rings. The van der Waals surface area contributed by atoms with Crippen molar-refractivity contribution in [3.8, 4) is 11.5 Å². The Labute approximate surface area is 190 Å². The summed E-state index contributed by atoms with van der Waals surface area (Å²) in [4.78, 5) is 12.6. The zero-order valence-electron chi connectivity index (χ0n) is 16.9. The fourth-order valence-corrected chi connectivity index (χ4v) is 3.48. The van der Waals surface area contributed by atoms with Gasteiger partial charge in [-0.25, -0.2) is 0 Å². The smallest absolute Gasteiger partial charge is 0.416 e. The molecule has 1 aliphatic heterocycles. The Morgan fingerprint density at radius 3 is 2.44 bits per heavy atom. The maximum Gasteiger partial charge on any atom is 0.416 e. The average Bonchev–Trinajstić information content (AvgIpc) is 2.71. The molecule has 5 nitrogen and oxygen atoms in total. The van der Waals surface area contributed by atoms with Gasteiger partial charge in [0.15, 0.2) is 0 Å². The quantitative estimate of drug-likeness (QED) is 0.514. The van der Waals surface area contributed by atoms with Gasteiger partial charge >= 0.3 is 6.18 Å². The van der Waals surface area contributed by atoms with Crippen LogP contribution in [-0.2, 0) is 6.18 Å². The lowest BCUT2D eigenvalue weighted by Gasteiger charge is -2.34. The van der Waals surface area contributed by atoms with E-state index in [0.29, 0.717) is 11.3 Å². The number of carbonyl (C=O) groups excluding carboxylic acids is 1. The Morgan fingerprint density at radius 2 is 1.84 bits per heavy atom. The zero-order chi connectivity index (χ0) is 22.0. The second-order valence-corrected chi connectivity index (χ2v) is 7.50. The average molecular weight is 465 g/mol. The Balaban J connectivity index is 0.00000289. The van der Waals surface area contributed by atoms with Gasteiger partial charge in [0, 0.05) is 30.0 Å². The first-order valence-electron chi connectivity index (χ1n) is 9.85. The number of rotatable bonds is 6. The number of nitrogens with one attached hydrogen (secondary N) is 2. The minimum Gasteiger partial charge on any atom is -0.457 e. The molecular formula is C23H23F3N2O3S. The van der Waals surface area contributed by atoms with Gasteiger partial charge in [-0.2, -0.15) is 26.7 Å². The number of fused-ring (bicyclic) bond motifs is 1. The van der Waals surface area contributed by atoms with Gasteiger partial charge in [0.1, 0.15) is 11.5 Å². The predicted molar refractivity (Wildman–Crippen MR) is 121 cm³/mol. The highest BCUT2D eigenvalue weighted by molar-refractivity contribution is 7.59. The first kappa shape index (κ1) is 23.9. The molecule has 32 heavy (non-hydrogen) atoms. The van der Waals surface area contributed by atoms with Crippen molar-refractivity contribution in [3.05, 3.63) is 71.8 Å². The molecule has 0 spiro atoms. The van der Waals surface area contributed by atoms with E-state index in [1.54, 1.807) is 30.3 Å². The molecule has 3 aromatic carbocycles. The summed E-state index contributed by atoms with van der Waals surface area (Å²) in [7, 11) is 0. The molecular weight excluding hydrogens is 441 g/mol. The molecule has 0 unspecified atom stereocenters. The van der Waals surface area contributed by atoms with E-state index in [9.17, 15) is 23.1 Å². The third-order valence-corrected chi connectivity index (χ3v) is 5.41. The number of carbonyl (C=O) groups is 1. The first-order chi connectivity index (χ1) is 14.8. The van der Waals surface area contributed by atoms with Crippen LogP contribution in [0.15, 0.2) is 60.7 Å². The molecule has 0 radical (unpaired) electrons. The Hall–Kier alpha value is -2.75. The monoisotopic (exact) mass is 464 g/mol. The summed E-state index contributed by atoms with van der Waals surface area (Å²) in [6, 6.07) is 14.6. The van der Waals surface area contributed by atoms with Gasteiger partial charge < -0.3 is 20.5 Å². The topological polar surface area (TPSA) is 70.6 Å². The summed E-state index contributed by atoms with van der Waals surface area (Å²) >= 11 is 0. The van der Waals surface area contributed by atoms with Crippen molar-refractivity contribution in [2.45, 2.75) is 12.2 Å². The second kappa shape index (κ2) is 9.81. The van der Waals surface area contributed by atoms with Gasteiger partial charge in [-0.1, -0.05) is 12.1 Å². The number of hydrogen-bond donors (Lipinski definition) is 3. The molecule has 1 amide bonds. The molecule has 0 bridgehead atoms. The molecule has 0 aliphatic carbocycles. The fourth-order valence-electron chi connectivity index (χ4n) is 3.48. The lowest BCUT2D eigenvalue weighted by Crippen LogP contribution is -2.56. The van der Waals surface area contributed by atoms with Crippen LogP contribution in [0.4, 0.5) is 13.2 Å². The lowest BCUT2D eigenvalue weighted by molar-refractivity contribution is -0.137. The van der Waals surface area contributed by atoms with Crippen molar-refractivity contribution in [3.63, 3.8) is 0 Å². The van der Waals surface area contributed by atoms with Gasteiger partial charge in [0.2, 0.25) is 0 Å². The summed E-state index contributed by atoms with van der Waals surface area (Å²) in [5, 5.41) is 17.0. The van der Waals surface area contributed by atoms with Crippen LogP contribution in [0.25, 0.3) is 10.8 Å². The van der Waals surface area contributed by atoms with Gasteiger partial charge in [0.05, 0.1) is 18.2 Å². The molecule has 0 aromatic heterocycles. The highest BCUT2D eigenvalue weighted by atomic mass is 32.1. The van der Waals surface area contributed by atoms with Gasteiger partial charge in [-0.05, 0) is 53.9 Å². The van der Waals surface area contributed by atoms with Crippen molar-refractivity contribution in [2.75, 3.05) is 19.7 Å². The van der Waals surface area contributed by atoms with E-state index < -0.39 is 11.7 Å². The fraction of sp³-hybridized carbons (Fsp3) is 0.261. The van der Waals surface area contributed by atoms with Crippen LogP contribution >= 0.6 is 13.5 Å². The number of benzene rings is 3. The molecule has 1 saturated heterocycles. The second-order valence-electron chi connectivity index (χ2n) is 7.50. The number of amides is 1. The number of alkyl halides is 3. The summed E-state index contributed by atoms with van der Waals surface area (Å²) in [5.41, 5.74) is -0.294. The van der Waals surface area contributed by atoms with Crippen LogP contribution < -0.4 is 15.4 Å². The standard InChI is InChI=1S/C23H21F3N2O3.H2S/c24-23(25,26)17-5-7-18(8-6-17)31-21-3-1-2-14-10-15(4-9-19(14)21)22(30)28-20(13-29)16-11-27-12-16;/h1-10,16,20,27,29H,11-13H2,(H,28,30);1H2/t20-;/m1./s1. The molecule has 1 fully saturated rings. The number of ether oxygens (including phenoxy) is 1. The van der Waals surface area contributed by atoms with E-state index in [-0.39, 0.29) is 43.7 Å². The van der Waals surface area contributed by atoms with Crippen LogP contribution in [0.3, 0.4) is 0 Å². The first-order valence-corrected chi connectivity index (χ1v) is 9.85. The predicted octanol–water partition coefficient (Wildman–Crippen LogP) is 4.07. The Bertz CT molecular complexity index is 1090. The van der Waals surface area contributed by atoms with Gasteiger partial charge in [0.25, 0.3) is 5.91 Å². The van der Waals surface area contributed by atoms with Gasteiger partial charge in [-0.3, -0.25) is 4.79 Å². The van der Waals surface area contributed by atoms with E-state index in [1.807, 2.05) is 6.07 Å². The number of halogens is 3. The molecule has 1 heterocycles. The molecule has 0 saturated carbocycles. The van der Waals surface area contributed by atoms with E-state index >= 15 is 0 Å². The van der Waals surface area contributed by atoms with Crippen molar-refractivity contribution in [1.82, 2.24) is 10.6 Å². The lowest BCUT2D eigenvalue weighted by atomic mass is 9.94. The summed E-state index contributed by atoms with van der Waals surface area (Å²) < 4.78 is 44.0. The van der Waals surface area contributed by atoms with Gasteiger partial charge in [-0.15, -0.1) is 0 Å². The molecule has 3 N–H and O–H groups in total. The third-order valence-electron chi connectivity index (χ3n) is 5.41. The van der Waals surface area contributed by atoms with Crippen molar-refractivity contribution >= 4 is 30.2 Å². The highest BCUT2D eigenvalue weighted by Gasteiger charge is 2.30. The SMILES string of the molecule is O=C(N[C@H](CO)C1CNC1)c1ccc2c(Oc3ccc(C(F)(F)F)cc3)cccc2c1.S. The van der Waals surface area contributed by atoms with Crippen LogP contribution in [0.2, 0.25) is 0 Å². The molecule has 1 aliphatic rings. The summed E-state index contributed by atoms with van der Waals surface area (Å²) in [5.74, 6) is 0.681. The molecule has 1 atom stereocenters. The normalized spacial score (nSPS) is 14.9.